The van der Waals surface area contributed by atoms with E-state index in [1.807, 2.05) is 49.5 Å². The van der Waals surface area contributed by atoms with Crippen LogP contribution in [0.5, 0.6) is 5.75 Å². The fourth-order valence-corrected chi connectivity index (χ4v) is 8.34. The maximum Gasteiger partial charge on any atom is 0.263 e. The van der Waals surface area contributed by atoms with Crippen molar-refractivity contribution < 1.29 is 19.1 Å². The number of hydrogen-bond acceptors (Lipinski definition) is 10. The predicted octanol–water partition coefficient (Wildman–Crippen LogP) is 5.56. The van der Waals surface area contributed by atoms with Crippen LogP contribution in [0.4, 0.5) is 11.5 Å². The zero-order valence-corrected chi connectivity index (χ0v) is 29.4. The fourth-order valence-electron chi connectivity index (χ4n) is 7.25. The zero-order valence-electron chi connectivity index (χ0n) is 28.6. The molecule has 3 aliphatic heterocycles. The third-order valence-corrected chi connectivity index (χ3v) is 11.2. The molecule has 0 bridgehead atoms. The Morgan fingerprint density at radius 3 is 2.57 bits per heavy atom. The number of unbranched alkanes of at least 4 members (excludes halogenated alkanes) is 1. The molecule has 0 radical (unpaired) electrons. The van der Waals surface area contributed by atoms with Gasteiger partial charge < -0.3 is 20.3 Å². The number of nitrogens with one attached hydrogen (secondary N) is 3. The molecule has 11 nitrogen and oxygen atoms in total. The molecule has 0 aliphatic carbocycles. The first kappa shape index (κ1) is 33.1. The molecule has 1 unspecified atom stereocenters. The van der Waals surface area contributed by atoms with Crippen LogP contribution in [0.1, 0.15) is 53.8 Å². The lowest BCUT2D eigenvalue weighted by Crippen LogP contribution is -2.46. The van der Waals surface area contributed by atoms with Crippen LogP contribution in [-0.2, 0) is 9.59 Å². The average molecular weight is 704 g/mol. The van der Waals surface area contributed by atoms with Crippen LogP contribution in [-0.4, -0.2) is 84.5 Å². The topological polar surface area (TPSA) is 129 Å². The summed E-state index contributed by atoms with van der Waals surface area (Å²) in [7, 11) is 0. The zero-order chi connectivity index (χ0) is 34.9. The number of piperazine rings is 1. The molecule has 262 valence electrons. The molecule has 0 saturated carbocycles. The van der Waals surface area contributed by atoms with Gasteiger partial charge in [-0.15, -0.1) is 11.3 Å². The number of ether oxygens (including phenoxy) is 1. The quantitative estimate of drug-likeness (QED) is 0.134. The molecule has 5 aromatic rings. The van der Waals surface area contributed by atoms with Crippen molar-refractivity contribution in [1.82, 2.24) is 25.5 Å². The van der Waals surface area contributed by atoms with Crippen molar-refractivity contribution in [1.29, 1.82) is 0 Å². The van der Waals surface area contributed by atoms with Crippen LogP contribution in [0.25, 0.3) is 32.2 Å². The van der Waals surface area contributed by atoms with Crippen molar-refractivity contribution in [2.75, 3.05) is 56.1 Å². The minimum atomic E-state index is -0.273. The van der Waals surface area contributed by atoms with Crippen molar-refractivity contribution in [3.05, 3.63) is 77.3 Å². The highest BCUT2D eigenvalue weighted by Crippen LogP contribution is 2.41. The molecule has 2 saturated heterocycles. The Morgan fingerprint density at radius 2 is 1.78 bits per heavy atom. The second-order valence-electron chi connectivity index (χ2n) is 13.6. The lowest BCUT2D eigenvalue weighted by atomic mass is 9.90. The Hall–Kier alpha value is -5.07. The molecule has 12 heteroatoms. The number of fused-ring (bicyclic) bond motifs is 5. The second-order valence-corrected chi connectivity index (χ2v) is 14.7. The summed E-state index contributed by atoms with van der Waals surface area (Å²) in [6, 6.07) is 20.2. The van der Waals surface area contributed by atoms with Crippen molar-refractivity contribution >= 4 is 61.6 Å². The van der Waals surface area contributed by atoms with Gasteiger partial charge in [0.05, 0.1) is 29.4 Å². The molecule has 3 aliphatic rings. The second kappa shape index (κ2) is 14.3. The van der Waals surface area contributed by atoms with Crippen LogP contribution in [0.15, 0.2) is 66.9 Å². The molecule has 3 aromatic heterocycles. The number of amides is 3. The van der Waals surface area contributed by atoms with Crippen LogP contribution in [0.2, 0.25) is 0 Å². The smallest absolute Gasteiger partial charge is 0.263 e. The van der Waals surface area contributed by atoms with Gasteiger partial charge in [0.25, 0.3) is 5.91 Å². The van der Waals surface area contributed by atoms with E-state index in [0.717, 1.165) is 106 Å². The third kappa shape index (κ3) is 6.98. The summed E-state index contributed by atoms with van der Waals surface area (Å²) in [6.07, 6.45) is 4.87. The fraction of sp³-hybridized carbons (Fsp3) is 0.359. The maximum atomic E-state index is 12.8. The van der Waals surface area contributed by atoms with Gasteiger partial charge in [0, 0.05) is 72.4 Å². The van der Waals surface area contributed by atoms with Gasteiger partial charge in [-0.05, 0) is 86.8 Å². The first-order chi connectivity index (χ1) is 24.9. The monoisotopic (exact) mass is 703 g/mol. The summed E-state index contributed by atoms with van der Waals surface area (Å²) in [5.74, 6) is 1.07. The van der Waals surface area contributed by atoms with Gasteiger partial charge in [0.2, 0.25) is 11.8 Å². The number of carbonyl (C=O) groups excluding carboxylic acids is 3. The third-order valence-electron chi connectivity index (χ3n) is 10.1. The number of piperidine rings is 1. The molecule has 2 aromatic carbocycles. The molecular weight excluding hydrogens is 663 g/mol. The molecular formula is C39H41N7O4S. The van der Waals surface area contributed by atoms with Crippen molar-refractivity contribution in [2.24, 2.45) is 0 Å². The minimum Gasteiger partial charge on any atom is -0.494 e. The Morgan fingerprint density at radius 1 is 0.941 bits per heavy atom. The van der Waals surface area contributed by atoms with E-state index in [0.29, 0.717) is 26.0 Å². The van der Waals surface area contributed by atoms with E-state index >= 15 is 0 Å². The summed E-state index contributed by atoms with van der Waals surface area (Å²) in [4.78, 5) is 51.8. The summed E-state index contributed by atoms with van der Waals surface area (Å²) in [6.45, 7) is 8.23. The number of aromatic nitrogens is 2. The normalized spacial score (nSPS) is 19.7. The van der Waals surface area contributed by atoms with Gasteiger partial charge in [0.1, 0.15) is 16.4 Å². The molecule has 51 heavy (non-hydrogen) atoms. The molecule has 8 rings (SSSR count). The summed E-state index contributed by atoms with van der Waals surface area (Å²) < 4.78 is 7.03. The first-order valence-electron chi connectivity index (χ1n) is 17.8. The van der Waals surface area contributed by atoms with Crippen LogP contribution in [0, 0.1) is 0 Å². The lowest BCUT2D eigenvalue weighted by molar-refractivity contribution is -0.134. The number of anilines is 2. The molecule has 6 heterocycles. The SMILES string of the molecule is C[C@@H]1CNc2c(sc3ccc4nc(-c5ccc(N6CCN(CCCCOc7ccc(C8CCC(=O)NC8=O)cc7)CC6)nc5)ccc4c23)C(=O)N1. The Labute approximate surface area is 300 Å². The summed E-state index contributed by atoms with van der Waals surface area (Å²) in [5.41, 5.74) is 4.57. The Bertz CT molecular complexity index is 2090. The van der Waals surface area contributed by atoms with Gasteiger partial charge >= 0.3 is 0 Å². The number of imide groups is 1. The molecule has 2 atom stereocenters. The van der Waals surface area contributed by atoms with E-state index in [-0.39, 0.29) is 29.7 Å². The van der Waals surface area contributed by atoms with E-state index in [1.54, 1.807) is 0 Å². The van der Waals surface area contributed by atoms with Crippen LogP contribution < -0.4 is 25.6 Å². The minimum absolute atomic E-state index is 0.0228. The van der Waals surface area contributed by atoms with Crippen LogP contribution >= 0.6 is 11.3 Å². The number of nitrogens with zero attached hydrogens (tertiary/aromatic N) is 4. The van der Waals surface area contributed by atoms with E-state index in [4.69, 9.17) is 14.7 Å². The highest BCUT2D eigenvalue weighted by molar-refractivity contribution is 7.21. The molecule has 2 fully saturated rings. The number of pyridine rings is 2. The number of hydrogen-bond donors (Lipinski definition) is 3. The van der Waals surface area contributed by atoms with Crippen molar-refractivity contribution in [3.8, 4) is 17.0 Å². The average Bonchev–Trinajstić information content (AvgIpc) is 3.47. The largest absolute Gasteiger partial charge is 0.494 e. The van der Waals surface area contributed by atoms with E-state index in [1.165, 1.54) is 11.3 Å². The van der Waals surface area contributed by atoms with E-state index in [9.17, 15) is 14.4 Å². The first-order valence-corrected chi connectivity index (χ1v) is 18.6. The molecule has 3 N–H and O–H groups in total. The summed E-state index contributed by atoms with van der Waals surface area (Å²) >= 11 is 1.52. The summed E-state index contributed by atoms with van der Waals surface area (Å²) in [5, 5.41) is 11.1. The highest BCUT2D eigenvalue weighted by Gasteiger charge is 2.28. The number of thiophene rings is 1. The Balaban J connectivity index is 0.809. The van der Waals surface area contributed by atoms with Gasteiger partial charge in [-0.3, -0.25) is 24.6 Å². The van der Waals surface area contributed by atoms with Gasteiger partial charge in [-0.25, -0.2) is 9.97 Å². The van der Waals surface area contributed by atoms with Gasteiger partial charge in [-0.1, -0.05) is 12.1 Å². The highest BCUT2D eigenvalue weighted by atomic mass is 32.1. The number of carbonyl (C=O) groups is 3. The van der Waals surface area contributed by atoms with Crippen LogP contribution in [0.3, 0.4) is 0 Å². The Kier molecular flexibility index (Phi) is 9.26. The predicted molar refractivity (Wildman–Crippen MR) is 201 cm³/mol. The van der Waals surface area contributed by atoms with E-state index < -0.39 is 0 Å². The molecule has 0 spiro atoms. The van der Waals surface area contributed by atoms with Gasteiger partial charge in [-0.2, -0.15) is 0 Å². The maximum absolute atomic E-state index is 12.8. The van der Waals surface area contributed by atoms with Crippen molar-refractivity contribution in [3.63, 3.8) is 0 Å². The number of benzene rings is 2. The van der Waals surface area contributed by atoms with Crippen molar-refractivity contribution in [2.45, 2.75) is 44.6 Å². The molecule has 3 amide bonds. The van der Waals surface area contributed by atoms with E-state index in [2.05, 4.69) is 50.0 Å². The number of rotatable bonds is 9. The van der Waals surface area contributed by atoms with Gasteiger partial charge in [0.15, 0.2) is 0 Å². The lowest BCUT2D eigenvalue weighted by Gasteiger charge is -2.35. The standard InChI is InChI=1S/C39H41N7O4S/c1-24-22-41-36-35-29-9-11-30(43-31(29)12-13-32(35)51-37(36)39(49)42-24)26-6-14-33(40-23-26)46-19-17-45(18-20-46)16-2-3-21-50-27-7-4-25(5-8-27)28-10-15-34(47)44-38(28)48/h4-9,11-14,23-24,28,41H,2-3,10,15-22H2,1H3,(H,42,49)(H,44,47,48)/t24-,28?/m1/s1.